The zero-order valence-electron chi connectivity index (χ0n) is 13.5. The van der Waals surface area contributed by atoms with Crippen molar-refractivity contribution in [2.24, 2.45) is 0 Å². The van der Waals surface area contributed by atoms with Crippen LogP contribution in [0.5, 0.6) is 0 Å². The zero-order chi connectivity index (χ0) is 16.4. The second kappa shape index (κ2) is 6.13. The Bertz CT molecular complexity index is 830. The maximum absolute atomic E-state index is 12.7. The second-order valence-corrected chi connectivity index (χ2v) is 5.65. The van der Waals surface area contributed by atoms with E-state index in [4.69, 9.17) is 4.42 Å². The predicted molar refractivity (Wildman–Crippen MR) is 92.8 cm³/mol. The van der Waals surface area contributed by atoms with Crippen molar-refractivity contribution in [3.05, 3.63) is 77.2 Å². The molecule has 0 fully saturated rings. The van der Waals surface area contributed by atoms with E-state index in [0.717, 1.165) is 22.6 Å². The molecule has 1 aromatic heterocycles. The maximum Gasteiger partial charge on any atom is 0.259 e. The Morgan fingerprint density at radius 1 is 0.870 bits per heavy atom. The first-order chi connectivity index (χ1) is 11.1. The van der Waals surface area contributed by atoms with E-state index >= 15 is 0 Å². The molecule has 0 atom stereocenters. The van der Waals surface area contributed by atoms with E-state index in [1.165, 1.54) is 5.56 Å². The van der Waals surface area contributed by atoms with Crippen LogP contribution in [0.15, 0.2) is 59.0 Å². The Kier molecular flexibility index (Phi) is 4.02. The van der Waals surface area contributed by atoms with Gasteiger partial charge in [-0.05, 0) is 38.5 Å². The van der Waals surface area contributed by atoms with Gasteiger partial charge in [-0.15, -0.1) is 0 Å². The summed E-state index contributed by atoms with van der Waals surface area (Å²) in [6.45, 7) is 5.76. The number of para-hydroxylation sites is 1. The van der Waals surface area contributed by atoms with Crippen molar-refractivity contribution in [2.75, 3.05) is 5.32 Å². The van der Waals surface area contributed by atoms with Crippen LogP contribution in [-0.2, 0) is 0 Å². The Morgan fingerprint density at radius 2 is 1.52 bits per heavy atom. The molecule has 0 saturated heterocycles. The molecular formula is C20H19NO2. The van der Waals surface area contributed by atoms with Gasteiger partial charge in [-0.2, -0.15) is 0 Å². The maximum atomic E-state index is 12.7. The molecule has 3 heteroatoms. The van der Waals surface area contributed by atoms with Gasteiger partial charge in [0.2, 0.25) is 0 Å². The number of carbonyl (C=O) groups is 1. The van der Waals surface area contributed by atoms with Gasteiger partial charge in [0, 0.05) is 11.3 Å². The average molecular weight is 305 g/mol. The monoisotopic (exact) mass is 305 g/mol. The Hall–Kier alpha value is -2.81. The fourth-order valence-corrected chi connectivity index (χ4v) is 2.74. The number of hydrogen-bond donors (Lipinski definition) is 1. The van der Waals surface area contributed by atoms with E-state index in [0.29, 0.717) is 11.3 Å². The van der Waals surface area contributed by atoms with Gasteiger partial charge in [-0.3, -0.25) is 4.79 Å². The van der Waals surface area contributed by atoms with Crippen LogP contribution in [0, 0.1) is 20.8 Å². The molecule has 0 aliphatic carbocycles. The minimum absolute atomic E-state index is 0.152. The lowest BCUT2D eigenvalue weighted by atomic mass is 9.99. The summed E-state index contributed by atoms with van der Waals surface area (Å²) in [6, 6.07) is 17.6. The van der Waals surface area contributed by atoms with Crippen molar-refractivity contribution in [1.82, 2.24) is 0 Å². The van der Waals surface area contributed by atoms with Crippen LogP contribution >= 0.6 is 0 Å². The number of furan rings is 1. The molecule has 0 spiro atoms. The number of rotatable bonds is 3. The number of nitrogens with one attached hydrogen (secondary N) is 1. The Morgan fingerprint density at radius 3 is 2.17 bits per heavy atom. The summed E-state index contributed by atoms with van der Waals surface area (Å²) in [5.41, 5.74) is 4.39. The molecular weight excluding hydrogens is 286 g/mol. The van der Waals surface area contributed by atoms with Crippen LogP contribution in [0.25, 0.3) is 11.1 Å². The van der Waals surface area contributed by atoms with E-state index in [-0.39, 0.29) is 5.91 Å². The summed E-state index contributed by atoms with van der Waals surface area (Å²) >= 11 is 0. The summed E-state index contributed by atoms with van der Waals surface area (Å²) in [5.74, 6) is 1.23. The summed E-state index contributed by atoms with van der Waals surface area (Å²) in [5, 5.41) is 2.93. The molecule has 0 saturated carbocycles. The molecule has 1 amide bonds. The van der Waals surface area contributed by atoms with Gasteiger partial charge in [0.25, 0.3) is 5.91 Å². The lowest BCUT2D eigenvalue weighted by molar-refractivity contribution is 0.102. The van der Waals surface area contributed by atoms with E-state index in [1.54, 1.807) is 0 Å². The van der Waals surface area contributed by atoms with Gasteiger partial charge < -0.3 is 9.73 Å². The lowest BCUT2D eigenvalue weighted by Gasteiger charge is -2.08. The number of anilines is 1. The lowest BCUT2D eigenvalue weighted by Crippen LogP contribution is -2.13. The molecule has 0 unspecified atom stereocenters. The molecule has 3 nitrogen and oxygen atoms in total. The third kappa shape index (κ3) is 3.04. The molecule has 0 bridgehead atoms. The van der Waals surface area contributed by atoms with Crippen molar-refractivity contribution in [3.8, 4) is 11.1 Å². The topological polar surface area (TPSA) is 42.2 Å². The second-order valence-electron chi connectivity index (χ2n) is 5.65. The van der Waals surface area contributed by atoms with Gasteiger partial charge in [0.15, 0.2) is 0 Å². The third-order valence-electron chi connectivity index (χ3n) is 3.86. The molecule has 1 N–H and O–H groups in total. The quantitative estimate of drug-likeness (QED) is 0.729. The number of aryl methyl sites for hydroxylation is 3. The zero-order valence-corrected chi connectivity index (χ0v) is 13.5. The summed E-state index contributed by atoms with van der Waals surface area (Å²) in [4.78, 5) is 12.7. The smallest absolute Gasteiger partial charge is 0.259 e. The first-order valence-electron chi connectivity index (χ1n) is 7.59. The molecule has 3 rings (SSSR count). The molecule has 3 aromatic rings. The van der Waals surface area contributed by atoms with E-state index in [2.05, 4.69) is 5.32 Å². The van der Waals surface area contributed by atoms with Gasteiger partial charge in [-0.25, -0.2) is 0 Å². The van der Waals surface area contributed by atoms with Crippen LogP contribution in [0.4, 0.5) is 5.69 Å². The molecule has 116 valence electrons. The summed E-state index contributed by atoms with van der Waals surface area (Å²) < 4.78 is 5.73. The highest BCUT2D eigenvalue weighted by Gasteiger charge is 2.22. The Labute approximate surface area is 136 Å². The first-order valence-corrected chi connectivity index (χ1v) is 7.59. The van der Waals surface area contributed by atoms with Crippen LogP contribution in [0.3, 0.4) is 0 Å². The number of hydrogen-bond acceptors (Lipinski definition) is 2. The minimum Gasteiger partial charge on any atom is -0.465 e. The highest BCUT2D eigenvalue weighted by Crippen LogP contribution is 2.32. The van der Waals surface area contributed by atoms with Crippen molar-refractivity contribution in [1.29, 1.82) is 0 Å². The van der Waals surface area contributed by atoms with E-state index in [9.17, 15) is 4.79 Å². The number of benzene rings is 2. The molecule has 0 radical (unpaired) electrons. The van der Waals surface area contributed by atoms with E-state index in [1.807, 2.05) is 75.4 Å². The molecule has 23 heavy (non-hydrogen) atoms. The van der Waals surface area contributed by atoms with Crippen LogP contribution in [0.2, 0.25) is 0 Å². The highest BCUT2D eigenvalue weighted by atomic mass is 16.3. The van der Waals surface area contributed by atoms with Gasteiger partial charge in [-0.1, -0.05) is 48.0 Å². The SMILES string of the molecule is Cc1ccc(-c2c(C)oc(C)c2C(=O)Nc2ccccc2)cc1. The normalized spacial score (nSPS) is 10.6. The highest BCUT2D eigenvalue weighted by molar-refractivity contribution is 6.09. The van der Waals surface area contributed by atoms with Crippen molar-refractivity contribution in [2.45, 2.75) is 20.8 Å². The van der Waals surface area contributed by atoms with Crippen molar-refractivity contribution < 1.29 is 9.21 Å². The van der Waals surface area contributed by atoms with Gasteiger partial charge >= 0.3 is 0 Å². The standard InChI is InChI=1S/C20H19NO2/c1-13-9-11-16(12-10-13)18-14(2)23-15(3)19(18)20(22)21-17-7-5-4-6-8-17/h4-12H,1-3H3,(H,21,22). The molecule has 0 aliphatic rings. The number of carbonyl (C=O) groups excluding carboxylic acids is 1. The third-order valence-corrected chi connectivity index (χ3v) is 3.86. The predicted octanol–water partition coefficient (Wildman–Crippen LogP) is 5.12. The van der Waals surface area contributed by atoms with Gasteiger partial charge in [0.05, 0.1) is 5.56 Å². The Balaban J connectivity index is 2.02. The van der Waals surface area contributed by atoms with Crippen LogP contribution in [-0.4, -0.2) is 5.91 Å². The fourth-order valence-electron chi connectivity index (χ4n) is 2.74. The van der Waals surface area contributed by atoms with Crippen LogP contribution in [0.1, 0.15) is 27.4 Å². The van der Waals surface area contributed by atoms with Crippen molar-refractivity contribution in [3.63, 3.8) is 0 Å². The minimum atomic E-state index is -0.152. The average Bonchev–Trinajstić information content (AvgIpc) is 2.83. The van der Waals surface area contributed by atoms with Crippen molar-refractivity contribution >= 4 is 11.6 Å². The fraction of sp³-hybridized carbons (Fsp3) is 0.150. The van der Waals surface area contributed by atoms with E-state index < -0.39 is 0 Å². The first kappa shape index (κ1) is 15.1. The molecule has 1 heterocycles. The summed E-state index contributed by atoms with van der Waals surface area (Å²) in [7, 11) is 0. The summed E-state index contributed by atoms with van der Waals surface area (Å²) in [6.07, 6.45) is 0. The largest absolute Gasteiger partial charge is 0.465 e. The van der Waals surface area contributed by atoms with Gasteiger partial charge in [0.1, 0.15) is 11.5 Å². The number of amides is 1. The molecule has 0 aliphatic heterocycles. The molecule has 2 aromatic carbocycles. The van der Waals surface area contributed by atoms with Crippen LogP contribution < -0.4 is 5.32 Å².